The highest BCUT2D eigenvalue weighted by molar-refractivity contribution is 9.10. The first kappa shape index (κ1) is 14.8. The van der Waals surface area contributed by atoms with Crippen molar-refractivity contribution < 1.29 is 12.8 Å². The van der Waals surface area contributed by atoms with Gasteiger partial charge in [0.2, 0.25) is 0 Å². The number of hydrogen-bond acceptors (Lipinski definition) is 4. The van der Waals surface area contributed by atoms with Crippen molar-refractivity contribution in [2.24, 2.45) is 0 Å². The molecule has 0 aliphatic carbocycles. The fourth-order valence-electron chi connectivity index (χ4n) is 1.57. The number of anilines is 2. The zero-order valence-corrected chi connectivity index (χ0v) is 12.9. The molecule has 2 rings (SSSR count). The summed E-state index contributed by atoms with van der Waals surface area (Å²) in [6.45, 7) is 2.27. The lowest BCUT2D eigenvalue weighted by Crippen LogP contribution is -2.15. The monoisotopic (exact) mass is 362 g/mol. The van der Waals surface area contributed by atoms with E-state index in [2.05, 4.69) is 25.8 Å². The fourth-order valence-corrected chi connectivity index (χ4v) is 3.31. The predicted octanol–water partition coefficient (Wildman–Crippen LogP) is 2.19. The largest absolute Gasteiger partial charge is 0.381 e. The topological polar surface area (TPSA) is 90.0 Å². The predicted molar refractivity (Wildman–Crippen MR) is 77.2 cm³/mol. The van der Waals surface area contributed by atoms with E-state index >= 15 is 0 Å². The second-order valence-corrected chi connectivity index (χ2v) is 6.44. The van der Waals surface area contributed by atoms with Crippen molar-refractivity contribution in [3.63, 3.8) is 0 Å². The Morgan fingerprint density at radius 3 is 2.75 bits per heavy atom. The summed E-state index contributed by atoms with van der Waals surface area (Å²) in [5.74, 6) is -0.823. The van der Waals surface area contributed by atoms with Gasteiger partial charge in [-0.2, -0.15) is 5.10 Å². The summed E-state index contributed by atoms with van der Waals surface area (Å²) in [5, 5.41) is 3.85. The maximum Gasteiger partial charge on any atom is 0.267 e. The highest BCUT2D eigenvalue weighted by atomic mass is 79.9. The minimum Gasteiger partial charge on any atom is -0.381 e. The van der Waals surface area contributed by atoms with E-state index in [0.29, 0.717) is 11.0 Å². The molecule has 0 amide bonds. The molecule has 0 spiro atoms. The lowest BCUT2D eigenvalue weighted by atomic mass is 10.3. The standard InChI is InChI=1S/C11H12BrFN4O2S/c1-2-17-6-9(11(14)15-17)20(18,19)16-10-7(12)4-3-5-8(10)13/h3-6,16H,2H2,1H3,(H2,14,15). The molecule has 0 saturated carbocycles. The van der Waals surface area contributed by atoms with Crippen LogP contribution >= 0.6 is 15.9 Å². The maximum atomic E-state index is 13.7. The van der Waals surface area contributed by atoms with Gasteiger partial charge in [-0.1, -0.05) is 6.07 Å². The average molecular weight is 363 g/mol. The molecular weight excluding hydrogens is 351 g/mol. The molecule has 0 bridgehead atoms. The van der Waals surface area contributed by atoms with Gasteiger partial charge < -0.3 is 5.73 Å². The highest BCUT2D eigenvalue weighted by Crippen LogP contribution is 2.28. The summed E-state index contributed by atoms with van der Waals surface area (Å²) in [4.78, 5) is -0.186. The number of rotatable bonds is 4. The van der Waals surface area contributed by atoms with Crippen LogP contribution in [0.15, 0.2) is 33.8 Å². The molecule has 0 unspecified atom stereocenters. The molecule has 108 valence electrons. The zero-order valence-electron chi connectivity index (χ0n) is 10.5. The molecule has 9 heteroatoms. The number of nitrogens with one attached hydrogen (secondary N) is 1. The average Bonchev–Trinajstić information content (AvgIpc) is 2.76. The number of aromatic nitrogens is 2. The molecule has 1 heterocycles. The molecular formula is C11H12BrFN4O2S. The Morgan fingerprint density at radius 2 is 2.20 bits per heavy atom. The molecule has 0 aliphatic rings. The Bertz CT molecular complexity index is 725. The molecule has 0 aliphatic heterocycles. The van der Waals surface area contributed by atoms with Crippen LogP contribution in [0.4, 0.5) is 15.9 Å². The summed E-state index contributed by atoms with van der Waals surface area (Å²) in [7, 11) is -4.01. The third-order valence-corrected chi connectivity index (χ3v) is 4.59. The summed E-state index contributed by atoms with van der Waals surface area (Å²) < 4.78 is 42.0. The summed E-state index contributed by atoms with van der Waals surface area (Å²) in [6, 6.07) is 4.14. The van der Waals surface area contributed by atoms with Crippen molar-refractivity contribution in [2.75, 3.05) is 10.5 Å². The maximum absolute atomic E-state index is 13.7. The van der Waals surface area contributed by atoms with Crippen LogP contribution in [0.5, 0.6) is 0 Å². The van der Waals surface area contributed by atoms with Gasteiger partial charge in [-0.3, -0.25) is 9.40 Å². The molecule has 6 nitrogen and oxygen atoms in total. The van der Waals surface area contributed by atoms with Crippen LogP contribution in [0.2, 0.25) is 0 Å². The van der Waals surface area contributed by atoms with Gasteiger partial charge in [0.05, 0.1) is 5.69 Å². The van der Waals surface area contributed by atoms with E-state index in [9.17, 15) is 12.8 Å². The van der Waals surface area contributed by atoms with Crippen molar-refractivity contribution >= 4 is 37.5 Å². The summed E-state index contributed by atoms with van der Waals surface area (Å²) in [5.41, 5.74) is 5.41. The Hall–Kier alpha value is -1.61. The van der Waals surface area contributed by atoms with Gasteiger partial charge in [0.1, 0.15) is 10.7 Å². The number of para-hydroxylation sites is 1. The quantitative estimate of drug-likeness (QED) is 0.871. The molecule has 1 aromatic carbocycles. The van der Waals surface area contributed by atoms with Gasteiger partial charge in [-0.05, 0) is 35.0 Å². The molecule has 2 aromatic rings. The molecule has 0 radical (unpaired) electrons. The van der Waals surface area contributed by atoms with E-state index in [1.807, 2.05) is 0 Å². The van der Waals surface area contributed by atoms with E-state index in [1.165, 1.54) is 23.0 Å². The van der Waals surface area contributed by atoms with Gasteiger partial charge in [0, 0.05) is 17.2 Å². The molecule has 3 N–H and O–H groups in total. The van der Waals surface area contributed by atoms with Crippen molar-refractivity contribution in [1.29, 1.82) is 0 Å². The number of hydrogen-bond donors (Lipinski definition) is 2. The van der Waals surface area contributed by atoms with Gasteiger partial charge in [-0.15, -0.1) is 0 Å². The van der Waals surface area contributed by atoms with Crippen LogP contribution in [0, 0.1) is 5.82 Å². The molecule has 0 saturated heterocycles. The normalized spacial score (nSPS) is 11.6. The van der Waals surface area contributed by atoms with Crippen LogP contribution in [0.1, 0.15) is 6.92 Å². The molecule has 20 heavy (non-hydrogen) atoms. The van der Waals surface area contributed by atoms with E-state index in [0.717, 1.165) is 6.07 Å². The highest BCUT2D eigenvalue weighted by Gasteiger charge is 2.23. The third kappa shape index (κ3) is 2.78. The molecule has 0 fully saturated rings. The van der Waals surface area contributed by atoms with Crippen molar-refractivity contribution in [2.45, 2.75) is 18.4 Å². The van der Waals surface area contributed by atoms with Gasteiger partial charge in [0.15, 0.2) is 5.82 Å². The second-order valence-electron chi connectivity index (χ2n) is 3.94. The Kier molecular flexibility index (Phi) is 4.00. The van der Waals surface area contributed by atoms with E-state index in [4.69, 9.17) is 5.73 Å². The van der Waals surface area contributed by atoms with Crippen LogP contribution in [0.25, 0.3) is 0 Å². The minimum absolute atomic E-state index is 0.133. The first-order valence-electron chi connectivity index (χ1n) is 5.65. The summed E-state index contributed by atoms with van der Waals surface area (Å²) >= 11 is 3.09. The SMILES string of the molecule is CCn1cc(S(=O)(=O)Nc2c(F)cccc2Br)c(N)n1. The first-order valence-corrected chi connectivity index (χ1v) is 7.92. The van der Waals surface area contributed by atoms with Crippen molar-refractivity contribution in [1.82, 2.24) is 9.78 Å². The Labute approximate surface area is 124 Å². The third-order valence-electron chi connectivity index (χ3n) is 2.57. The minimum atomic E-state index is -4.01. The summed E-state index contributed by atoms with van der Waals surface area (Å²) in [6.07, 6.45) is 1.30. The Balaban J connectivity index is 2.43. The first-order chi connectivity index (χ1) is 9.35. The van der Waals surface area contributed by atoms with Gasteiger partial charge >= 0.3 is 0 Å². The van der Waals surface area contributed by atoms with Crippen LogP contribution in [-0.2, 0) is 16.6 Å². The number of nitrogens with two attached hydrogens (primary N) is 1. The second kappa shape index (κ2) is 5.41. The lowest BCUT2D eigenvalue weighted by molar-refractivity contribution is 0.598. The van der Waals surface area contributed by atoms with E-state index < -0.39 is 15.8 Å². The van der Waals surface area contributed by atoms with Gasteiger partial charge in [-0.25, -0.2) is 12.8 Å². The zero-order chi connectivity index (χ0) is 14.9. The van der Waals surface area contributed by atoms with E-state index in [-0.39, 0.29) is 16.4 Å². The van der Waals surface area contributed by atoms with Gasteiger partial charge in [0.25, 0.3) is 10.0 Å². The van der Waals surface area contributed by atoms with Crippen LogP contribution in [0.3, 0.4) is 0 Å². The Morgan fingerprint density at radius 1 is 1.50 bits per heavy atom. The molecule has 0 atom stereocenters. The fraction of sp³-hybridized carbons (Fsp3) is 0.182. The van der Waals surface area contributed by atoms with E-state index in [1.54, 1.807) is 6.92 Å². The van der Waals surface area contributed by atoms with Crippen LogP contribution < -0.4 is 10.5 Å². The van der Waals surface area contributed by atoms with Crippen molar-refractivity contribution in [3.05, 3.63) is 34.7 Å². The lowest BCUT2D eigenvalue weighted by Gasteiger charge is -2.09. The molecule has 1 aromatic heterocycles. The number of benzene rings is 1. The van der Waals surface area contributed by atoms with Crippen LogP contribution in [-0.4, -0.2) is 18.2 Å². The number of aryl methyl sites for hydroxylation is 1. The number of nitrogen functional groups attached to an aromatic ring is 1. The van der Waals surface area contributed by atoms with Crippen molar-refractivity contribution in [3.8, 4) is 0 Å². The smallest absolute Gasteiger partial charge is 0.267 e. The number of sulfonamides is 1. The number of halogens is 2. The number of nitrogens with zero attached hydrogens (tertiary/aromatic N) is 2.